The minimum Gasteiger partial charge on any atom is -1.00 e. The summed E-state index contributed by atoms with van der Waals surface area (Å²) in [7, 11) is 0. The molecule has 0 saturated heterocycles. The maximum atomic E-state index is 4.54. The largest absolute Gasteiger partial charge is 3.00 e. The fourth-order valence-electron chi connectivity index (χ4n) is 3.99. The number of benzene rings is 2. The number of fused-ring (bicyclic) bond motifs is 1. The molecule has 0 N–H and O–H groups in total. The Morgan fingerprint density at radius 2 is 1.52 bits per heavy atom. The first-order chi connectivity index (χ1) is 12.6. The number of aromatic nitrogens is 1. The first kappa shape index (κ1) is 25.5. The van der Waals surface area contributed by atoms with Crippen molar-refractivity contribution < 1.29 is 42.2 Å². The number of hydrogen-bond acceptors (Lipinski definition) is 1. The quantitative estimate of drug-likeness (QED) is 0.484. The van der Waals surface area contributed by atoms with Crippen molar-refractivity contribution >= 4 is 5.57 Å². The molecule has 149 valence electrons. The topological polar surface area (TPSA) is 12.9 Å². The van der Waals surface area contributed by atoms with Crippen molar-refractivity contribution in [3.8, 4) is 0 Å². The molecule has 1 nitrogen and oxygen atoms in total. The SMILES string of the molecule is CC(C)(Cc1ccccn1)C1[C-]=C(Cc2ccccc2)c2ccccc21.[Cl-].[Cl-].[Cr+3]. The molecule has 0 bridgehead atoms. The molecular formula is C25H24Cl2CrN. The Balaban J connectivity index is 0.00000140. The summed E-state index contributed by atoms with van der Waals surface area (Å²) in [6, 6.07) is 25.7. The van der Waals surface area contributed by atoms with Gasteiger partial charge in [0.05, 0.1) is 0 Å². The van der Waals surface area contributed by atoms with Crippen LogP contribution in [0.1, 0.15) is 42.1 Å². The molecule has 1 radical (unpaired) electrons. The van der Waals surface area contributed by atoms with Crippen LogP contribution >= 0.6 is 0 Å². The van der Waals surface area contributed by atoms with Gasteiger partial charge in [-0.1, -0.05) is 74.4 Å². The van der Waals surface area contributed by atoms with Gasteiger partial charge in [0, 0.05) is 11.9 Å². The smallest absolute Gasteiger partial charge is 1.00 e. The molecule has 0 saturated carbocycles. The Kier molecular flexibility index (Phi) is 9.67. The number of allylic oxidation sites excluding steroid dienone is 2. The Hall–Kier alpha value is -1.56. The summed E-state index contributed by atoms with van der Waals surface area (Å²) in [4.78, 5) is 4.54. The molecule has 0 fully saturated rings. The molecule has 4 heteroatoms. The average molecular weight is 461 g/mol. The molecule has 1 aromatic heterocycles. The maximum Gasteiger partial charge on any atom is 3.00 e. The van der Waals surface area contributed by atoms with E-state index in [0.29, 0.717) is 5.92 Å². The molecular weight excluding hydrogens is 437 g/mol. The van der Waals surface area contributed by atoms with E-state index in [1.807, 2.05) is 12.3 Å². The van der Waals surface area contributed by atoms with Crippen molar-refractivity contribution in [2.24, 2.45) is 5.41 Å². The molecule has 1 aliphatic rings. The summed E-state index contributed by atoms with van der Waals surface area (Å²) in [6.45, 7) is 4.67. The van der Waals surface area contributed by atoms with Gasteiger partial charge in [0.25, 0.3) is 0 Å². The third-order valence-corrected chi connectivity index (χ3v) is 5.28. The fraction of sp³-hybridized carbons (Fsp3) is 0.240. The average Bonchev–Trinajstić information content (AvgIpc) is 3.03. The summed E-state index contributed by atoms with van der Waals surface area (Å²) in [5.41, 5.74) is 6.63. The Morgan fingerprint density at radius 3 is 2.21 bits per heavy atom. The zero-order valence-electron chi connectivity index (χ0n) is 16.6. The molecule has 0 amide bonds. The van der Waals surface area contributed by atoms with Crippen molar-refractivity contribution in [3.05, 3.63) is 107 Å². The van der Waals surface area contributed by atoms with Gasteiger partial charge in [-0.05, 0) is 36.0 Å². The second kappa shape index (κ2) is 11.0. The minimum atomic E-state index is 0. The van der Waals surface area contributed by atoms with Gasteiger partial charge in [-0.25, -0.2) is 5.57 Å². The van der Waals surface area contributed by atoms with E-state index in [-0.39, 0.29) is 47.6 Å². The van der Waals surface area contributed by atoms with E-state index in [1.165, 1.54) is 22.3 Å². The molecule has 1 aliphatic carbocycles. The zero-order chi connectivity index (χ0) is 18.0. The van der Waals surface area contributed by atoms with Gasteiger partial charge >= 0.3 is 17.4 Å². The molecule has 4 rings (SSSR count). The second-order valence-corrected chi connectivity index (χ2v) is 7.79. The van der Waals surface area contributed by atoms with Crippen molar-refractivity contribution in [2.45, 2.75) is 32.6 Å². The third-order valence-electron chi connectivity index (χ3n) is 5.28. The second-order valence-electron chi connectivity index (χ2n) is 7.79. The van der Waals surface area contributed by atoms with Crippen LogP contribution in [0, 0.1) is 11.5 Å². The van der Waals surface area contributed by atoms with Crippen LogP contribution in [0.25, 0.3) is 5.57 Å². The normalized spacial score (nSPS) is 14.6. The van der Waals surface area contributed by atoms with E-state index in [0.717, 1.165) is 18.5 Å². The monoisotopic (exact) mass is 460 g/mol. The van der Waals surface area contributed by atoms with Gasteiger partial charge in [0.15, 0.2) is 0 Å². The molecule has 3 aromatic rings. The molecule has 0 spiro atoms. The van der Waals surface area contributed by atoms with Gasteiger partial charge in [0.1, 0.15) is 0 Å². The zero-order valence-corrected chi connectivity index (χ0v) is 19.4. The summed E-state index contributed by atoms with van der Waals surface area (Å²) < 4.78 is 0. The van der Waals surface area contributed by atoms with Crippen molar-refractivity contribution in [1.29, 1.82) is 0 Å². The molecule has 1 unspecified atom stereocenters. The van der Waals surface area contributed by atoms with Gasteiger partial charge in [-0.2, -0.15) is 5.56 Å². The Bertz CT molecular complexity index is 924. The minimum absolute atomic E-state index is 0. The number of nitrogens with zero attached hydrogens (tertiary/aromatic N) is 1. The van der Waals surface area contributed by atoms with Crippen LogP contribution in [-0.2, 0) is 30.2 Å². The summed E-state index contributed by atoms with van der Waals surface area (Å²) in [6.07, 6.45) is 7.62. The van der Waals surface area contributed by atoms with Crippen LogP contribution in [0.5, 0.6) is 0 Å². The maximum absolute atomic E-state index is 4.54. The van der Waals surface area contributed by atoms with Crippen LogP contribution in [0.15, 0.2) is 79.0 Å². The number of hydrogen-bond donors (Lipinski definition) is 0. The molecule has 1 atom stereocenters. The Morgan fingerprint density at radius 1 is 0.862 bits per heavy atom. The Labute approximate surface area is 197 Å². The molecule has 29 heavy (non-hydrogen) atoms. The van der Waals surface area contributed by atoms with Crippen LogP contribution < -0.4 is 24.8 Å². The van der Waals surface area contributed by atoms with E-state index in [1.54, 1.807) is 0 Å². The number of halogens is 2. The van der Waals surface area contributed by atoms with E-state index in [2.05, 4.69) is 91.6 Å². The third kappa shape index (κ3) is 5.74. The van der Waals surface area contributed by atoms with E-state index in [4.69, 9.17) is 0 Å². The summed E-state index contributed by atoms with van der Waals surface area (Å²) >= 11 is 0. The van der Waals surface area contributed by atoms with Crippen LogP contribution in [-0.4, -0.2) is 4.98 Å². The first-order valence-corrected chi connectivity index (χ1v) is 9.29. The summed E-state index contributed by atoms with van der Waals surface area (Å²) in [5, 5.41) is 0. The van der Waals surface area contributed by atoms with E-state index < -0.39 is 0 Å². The van der Waals surface area contributed by atoms with Crippen LogP contribution in [0.4, 0.5) is 0 Å². The standard InChI is InChI=1S/C25H24N.2ClH.Cr/c1-25(2,18-21-12-8-9-15-26-21)24-17-20(16-19-10-4-3-5-11-19)22-13-6-7-14-23(22)24;;;/h3-15,24H,16,18H2,1-2H3;2*1H;/q-1;;;+3/p-2. The van der Waals surface area contributed by atoms with Crippen molar-refractivity contribution in [2.75, 3.05) is 0 Å². The predicted molar refractivity (Wildman–Crippen MR) is 108 cm³/mol. The van der Waals surface area contributed by atoms with Crippen LogP contribution in [0.2, 0.25) is 0 Å². The van der Waals surface area contributed by atoms with E-state index >= 15 is 0 Å². The number of pyridine rings is 1. The first-order valence-electron chi connectivity index (χ1n) is 9.29. The predicted octanol–water partition coefficient (Wildman–Crippen LogP) is -0.118. The fourth-order valence-corrected chi connectivity index (χ4v) is 3.99. The number of rotatable bonds is 5. The van der Waals surface area contributed by atoms with Crippen LogP contribution in [0.3, 0.4) is 0 Å². The van der Waals surface area contributed by atoms with Gasteiger partial charge in [0.2, 0.25) is 0 Å². The molecule has 0 aliphatic heterocycles. The van der Waals surface area contributed by atoms with Gasteiger partial charge in [-0.3, -0.25) is 11.1 Å². The van der Waals surface area contributed by atoms with E-state index in [9.17, 15) is 0 Å². The summed E-state index contributed by atoms with van der Waals surface area (Å²) in [5.74, 6) is 0.291. The molecule has 1 heterocycles. The van der Waals surface area contributed by atoms with Crippen molar-refractivity contribution in [1.82, 2.24) is 4.98 Å². The van der Waals surface area contributed by atoms with Gasteiger partial charge < -0.3 is 24.8 Å². The van der Waals surface area contributed by atoms with Gasteiger partial charge in [-0.15, -0.1) is 11.6 Å². The van der Waals surface area contributed by atoms with Crippen molar-refractivity contribution in [3.63, 3.8) is 0 Å². The molecule has 2 aromatic carbocycles.